The molecule has 1 aliphatic rings. The molecule has 10 aromatic carbocycles. The lowest BCUT2D eigenvalue weighted by atomic mass is 9.82. The first-order valence-electron chi connectivity index (χ1n) is 23.2. The van der Waals surface area contributed by atoms with Gasteiger partial charge in [-0.2, -0.15) is 0 Å². The molecule has 0 N–H and O–H groups in total. The van der Waals surface area contributed by atoms with E-state index in [1.807, 2.05) is 42.7 Å². The Kier molecular flexibility index (Phi) is 9.50. The van der Waals surface area contributed by atoms with Crippen LogP contribution in [0, 0.1) is 0 Å². The molecule has 0 bridgehead atoms. The van der Waals surface area contributed by atoms with Gasteiger partial charge in [0.25, 0.3) is 0 Å². The van der Waals surface area contributed by atoms with Crippen molar-refractivity contribution in [2.45, 2.75) is 0 Å². The van der Waals surface area contributed by atoms with Crippen LogP contribution < -0.4 is 0 Å². The number of nitrogens with zero attached hydrogens (tertiary/aromatic N) is 3. The Balaban J connectivity index is 0.881. The maximum Gasteiger partial charge on any atom is 0.160 e. The van der Waals surface area contributed by atoms with Crippen LogP contribution in [0.1, 0.15) is 0 Å². The Labute approximate surface area is 395 Å². The Hall–Kier alpha value is -9.05. The van der Waals surface area contributed by atoms with Crippen molar-refractivity contribution in [1.29, 1.82) is 0 Å². The second-order valence-corrected chi connectivity index (χ2v) is 17.4. The van der Waals surface area contributed by atoms with Crippen LogP contribution in [-0.4, -0.2) is 15.0 Å². The van der Waals surface area contributed by atoms with Gasteiger partial charge in [0.15, 0.2) is 5.82 Å². The lowest BCUT2D eigenvalue weighted by molar-refractivity contribution is 1.18. The molecule has 0 fully saturated rings. The van der Waals surface area contributed by atoms with E-state index in [4.69, 9.17) is 9.97 Å². The summed E-state index contributed by atoms with van der Waals surface area (Å²) < 4.78 is 0. The van der Waals surface area contributed by atoms with Crippen molar-refractivity contribution in [3.8, 4) is 112 Å². The van der Waals surface area contributed by atoms with Crippen LogP contribution in [0.5, 0.6) is 0 Å². The zero-order valence-corrected chi connectivity index (χ0v) is 37.0. The molecule has 0 spiro atoms. The van der Waals surface area contributed by atoms with Gasteiger partial charge in [0.05, 0.1) is 11.4 Å². The van der Waals surface area contributed by atoms with E-state index in [0.29, 0.717) is 5.82 Å². The van der Waals surface area contributed by atoms with Crippen LogP contribution in [0.3, 0.4) is 0 Å². The average Bonchev–Trinajstić information content (AvgIpc) is 3.75. The maximum atomic E-state index is 5.14. The van der Waals surface area contributed by atoms with Crippen LogP contribution in [0.4, 0.5) is 0 Å². The number of benzene rings is 10. The van der Waals surface area contributed by atoms with Gasteiger partial charge >= 0.3 is 0 Å². The fraction of sp³-hybridized carbons (Fsp3) is 0. The smallest absolute Gasteiger partial charge is 0.160 e. The SMILES string of the molecule is c1ccc(-c2nc(-c3ccc(-c4ccc(-c5ccc6c7c(cccc57)-c5c-6c(-c6ccccc6)c6ccccc6c5-c5ccccc5)cc4)cc3)cc(-c3ccccc3-c3ccncc3)n2)cc1. The monoisotopic (exact) mass is 863 g/mol. The lowest BCUT2D eigenvalue weighted by Crippen LogP contribution is -1.97. The van der Waals surface area contributed by atoms with E-state index in [0.717, 1.165) is 50.3 Å². The van der Waals surface area contributed by atoms with E-state index >= 15 is 0 Å². The largest absolute Gasteiger partial charge is 0.265 e. The second-order valence-electron chi connectivity index (χ2n) is 17.4. The van der Waals surface area contributed by atoms with Crippen LogP contribution >= 0.6 is 0 Å². The quantitative estimate of drug-likeness (QED) is 0.153. The molecule has 3 heteroatoms. The summed E-state index contributed by atoms with van der Waals surface area (Å²) >= 11 is 0. The molecule has 0 saturated carbocycles. The van der Waals surface area contributed by atoms with Gasteiger partial charge in [-0.15, -0.1) is 0 Å². The first kappa shape index (κ1) is 39.3. The molecule has 0 aliphatic heterocycles. The van der Waals surface area contributed by atoms with Gasteiger partial charge in [-0.3, -0.25) is 4.98 Å². The van der Waals surface area contributed by atoms with Gasteiger partial charge in [0.1, 0.15) is 0 Å². The molecule has 316 valence electrons. The minimum Gasteiger partial charge on any atom is -0.265 e. The Morgan fingerprint density at radius 1 is 0.235 bits per heavy atom. The summed E-state index contributed by atoms with van der Waals surface area (Å²) in [6.07, 6.45) is 3.66. The van der Waals surface area contributed by atoms with Gasteiger partial charge in [-0.05, 0) is 118 Å². The molecule has 0 unspecified atom stereocenters. The minimum absolute atomic E-state index is 0.691. The zero-order valence-electron chi connectivity index (χ0n) is 37.0. The number of rotatable bonds is 8. The first-order chi connectivity index (χ1) is 33.7. The van der Waals surface area contributed by atoms with Crippen molar-refractivity contribution in [3.05, 3.63) is 249 Å². The van der Waals surface area contributed by atoms with Crippen molar-refractivity contribution in [1.82, 2.24) is 15.0 Å². The molecule has 3 nitrogen and oxygen atoms in total. The van der Waals surface area contributed by atoms with Crippen molar-refractivity contribution in [2.24, 2.45) is 0 Å². The summed E-state index contributed by atoms with van der Waals surface area (Å²) in [6.45, 7) is 0. The maximum absolute atomic E-state index is 5.14. The van der Waals surface area contributed by atoms with Gasteiger partial charge in [0.2, 0.25) is 0 Å². The molecular weight excluding hydrogens is 823 g/mol. The Morgan fingerprint density at radius 3 is 1.29 bits per heavy atom. The number of pyridine rings is 1. The predicted octanol–water partition coefficient (Wildman–Crippen LogP) is 17.2. The number of fused-ring (bicyclic) bond motifs is 4. The fourth-order valence-electron chi connectivity index (χ4n) is 10.5. The van der Waals surface area contributed by atoms with E-state index in [9.17, 15) is 0 Å². The molecule has 0 radical (unpaired) electrons. The summed E-state index contributed by atoms with van der Waals surface area (Å²) in [5, 5.41) is 5.11. The molecule has 0 atom stereocenters. The highest BCUT2D eigenvalue weighted by Crippen LogP contribution is 2.58. The molecule has 2 aromatic heterocycles. The highest BCUT2D eigenvalue weighted by Gasteiger charge is 2.31. The Bertz CT molecular complexity index is 3760. The molecule has 1 aliphatic carbocycles. The van der Waals surface area contributed by atoms with E-state index in [1.54, 1.807) is 0 Å². The third-order valence-corrected chi connectivity index (χ3v) is 13.6. The van der Waals surface area contributed by atoms with E-state index in [-0.39, 0.29) is 0 Å². The molecule has 2 heterocycles. The van der Waals surface area contributed by atoms with Gasteiger partial charge in [-0.25, -0.2) is 9.97 Å². The van der Waals surface area contributed by atoms with Crippen molar-refractivity contribution in [2.75, 3.05) is 0 Å². The minimum atomic E-state index is 0.691. The second kappa shape index (κ2) is 16.4. The van der Waals surface area contributed by atoms with Crippen molar-refractivity contribution < 1.29 is 0 Å². The highest BCUT2D eigenvalue weighted by molar-refractivity contribution is 6.28. The summed E-state index contributed by atoms with van der Waals surface area (Å²) in [5.41, 5.74) is 22.0. The number of aromatic nitrogens is 3. The topological polar surface area (TPSA) is 38.7 Å². The summed E-state index contributed by atoms with van der Waals surface area (Å²) in [5.74, 6) is 0.691. The van der Waals surface area contributed by atoms with Crippen molar-refractivity contribution >= 4 is 21.5 Å². The first-order valence-corrected chi connectivity index (χ1v) is 23.2. The van der Waals surface area contributed by atoms with Gasteiger partial charge < -0.3 is 0 Å². The molecule has 0 saturated heterocycles. The molecule has 13 rings (SSSR count). The van der Waals surface area contributed by atoms with Crippen LogP contribution in [0.2, 0.25) is 0 Å². The van der Waals surface area contributed by atoms with Gasteiger partial charge in [-0.1, -0.05) is 218 Å². The van der Waals surface area contributed by atoms with Gasteiger partial charge in [0, 0.05) is 29.1 Å². The summed E-state index contributed by atoms with van der Waals surface area (Å²) in [7, 11) is 0. The molecule has 12 aromatic rings. The molecule has 0 amide bonds. The third kappa shape index (κ3) is 6.63. The van der Waals surface area contributed by atoms with E-state index in [2.05, 4.69) is 211 Å². The van der Waals surface area contributed by atoms with Crippen LogP contribution in [0.15, 0.2) is 249 Å². The summed E-state index contributed by atoms with van der Waals surface area (Å²) in [6, 6.07) is 85.0. The Morgan fingerprint density at radius 2 is 0.676 bits per heavy atom. The summed E-state index contributed by atoms with van der Waals surface area (Å²) in [4.78, 5) is 14.5. The highest BCUT2D eigenvalue weighted by atomic mass is 14.9. The lowest BCUT2D eigenvalue weighted by Gasteiger charge is -2.20. The predicted molar refractivity (Wildman–Crippen MR) is 283 cm³/mol. The van der Waals surface area contributed by atoms with Crippen LogP contribution in [-0.2, 0) is 0 Å². The van der Waals surface area contributed by atoms with E-state index in [1.165, 1.54) is 77.2 Å². The fourth-order valence-corrected chi connectivity index (χ4v) is 10.5. The zero-order chi connectivity index (χ0) is 45.0. The van der Waals surface area contributed by atoms with Crippen LogP contribution in [0.25, 0.3) is 133 Å². The normalized spacial score (nSPS) is 11.5. The van der Waals surface area contributed by atoms with Crippen molar-refractivity contribution in [3.63, 3.8) is 0 Å². The standard InChI is InChI=1S/C65H41N3/c1-4-15-47(16-5-1)60-54-23-12-13-24-55(54)61(48-17-6-2-7-18-48)64-57-36-35-51(53-25-14-26-56(62(53)57)63(60)64)44-31-27-42(28-32-44)43-29-33-46(34-30-43)58-41-59(68-65(67-58)49-19-8-3-9-20-49)52-22-11-10-21-50(52)45-37-39-66-40-38-45/h1-41H. The molecular formula is C65H41N3. The third-order valence-electron chi connectivity index (χ3n) is 13.6. The number of hydrogen-bond donors (Lipinski definition) is 0. The number of hydrogen-bond acceptors (Lipinski definition) is 3. The molecule has 68 heavy (non-hydrogen) atoms. The average molecular weight is 864 g/mol. The van der Waals surface area contributed by atoms with E-state index < -0.39 is 0 Å².